The van der Waals surface area contributed by atoms with Crippen molar-refractivity contribution in [1.82, 2.24) is 4.98 Å². The van der Waals surface area contributed by atoms with Crippen LogP contribution in [0.25, 0.3) is 22.2 Å². The number of hydrogen-bond donors (Lipinski definition) is 1. The zero-order valence-corrected chi connectivity index (χ0v) is 16.3. The third kappa shape index (κ3) is 3.67. The van der Waals surface area contributed by atoms with Crippen molar-refractivity contribution < 1.29 is 13.6 Å². The highest BCUT2D eigenvalue weighted by molar-refractivity contribution is 7.18. The number of aromatic nitrogens is 1. The number of carbonyl (C=O) groups excluding carboxylic acids is 1. The van der Waals surface area contributed by atoms with Crippen LogP contribution in [0.2, 0.25) is 0 Å². The summed E-state index contributed by atoms with van der Waals surface area (Å²) in [5, 5.41) is 15.4. The second-order valence-electron chi connectivity index (χ2n) is 5.72. The Labute approximate surface area is 168 Å². The summed E-state index contributed by atoms with van der Waals surface area (Å²) in [5.41, 5.74) is 0.974. The van der Waals surface area contributed by atoms with Crippen LogP contribution in [0.3, 0.4) is 0 Å². The maximum atomic E-state index is 12.4. The quantitative estimate of drug-likeness (QED) is 0.430. The molecule has 138 valence electrons. The highest BCUT2D eigenvalue weighted by atomic mass is 32.1. The van der Waals surface area contributed by atoms with E-state index in [9.17, 15) is 10.1 Å². The fourth-order valence-corrected chi connectivity index (χ4v) is 4.21. The minimum Gasteiger partial charge on any atom is -0.462 e. The molecule has 0 aromatic carbocycles. The summed E-state index contributed by atoms with van der Waals surface area (Å²) < 4.78 is 10.7. The zero-order valence-electron chi connectivity index (χ0n) is 14.6. The van der Waals surface area contributed by atoms with Crippen LogP contribution in [0.15, 0.2) is 56.9 Å². The van der Waals surface area contributed by atoms with Gasteiger partial charge in [0.2, 0.25) is 0 Å². The molecular formula is C20H13N3O3S2. The molecule has 0 saturated heterocycles. The number of allylic oxidation sites excluding steroid dienone is 1. The maximum absolute atomic E-state index is 12.4. The van der Waals surface area contributed by atoms with E-state index in [0.29, 0.717) is 27.0 Å². The van der Waals surface area contributed by atoms with Gasteiger partial charge in [-0.3, -0.25) is 4.79 Å². The molecule has 4 heterocycles. The Bertz CT molecular complexity index is 1180. The number of rotatable bonds is 5. The van der Waals surface area contributed by atoms with Crippen molar-refractivity contribution in [3.63, 3.8) is 0 Å². The predicted octanol–water partition coefficient (Wildman–Crippen LogP) is 5.68. The number of nitrogens with zero attached hydrogens (tertiary/aromatic N) is 2. The van der Waals surface area contributed by atoms with E-state index in [0.717, 1.165) is 10.6 Å². The standard InChI is InChI=1S/C20H13N3O3S2/c1-12-6-7-14(26-12)10-13(11-21)19-22-17(16-5-3-9-27-16)20(28-19)23-18(24)15-4-2-8-25-15/h2-10H,1H3,(H,23,24)/b13-10+. The van der Waals surface area contributed by atoms with Gasteiger partial charge in [-0.25, -0.2) is 4.98 Å². The molecule has 1 N–H and O–H groups in total. The summed E-state index contributed by atoms with van der Waals surface area (Å²) >= 11 is 2.73. The number of anilines is 1. The van der Waals surface area contributed by atoms with Crippen LogP contribution in [0.4, 0.5) is 5.00 Å². The average Bonchev–Trinajstić information content (AvgIpc) is 3.46. The number of thiazole rings is 1. The molecule has 0 aliphatic carbocycles. The van der Waals surface area contributed by atoms with E-state index in [1.165, 1.54) is 28.9 Å². The summed E-state index contributed by atoms with van der Waals surface area (Å²) in [6.45, 7) is 1.84. The first-order valence-electron chi connectivity index (χ1n) is 8.22. The van der Waals surface area contributed by atoms with E-state index < -0.39 is 0 Å². The van der Waals surface area contributed by atoms with Gasteiger partial charge in [0.15, 0.2) is 5.76 Å². The summed E-state index contributed by atoms with van der Waals surface area (Å²) in [4.78, 5) is 17.9. The van der Waals surface area contributed by atoms with Crippen LogP contribution in [-0.4, -0.2) is 10.9 Å². The van der Waals surface area contributed by atoms with Crippen molar-refractivity contribution in [2.75, 3.05) is 5.32 Å². The number of aryl methyl sites for hydroxylation is 1. The van der Waals surface area contributed by atoms with E-state index in [1.54, 1.807) is 24.3 Å². The van der Waals surface area contributed by atoms with Gasteiger partial charge in [0.05, 0.1) is 16.7 Å². The Morgan fingerprint density at radius 1 is 1.29 bits per heavy atom. The fraction of sp³-hybridized carbons (Fsp3) is 0.0500. The number of nitriles is 1. The molecule has 4 rings (SSSR count). The number of nitrogens with one attached hydrogen (secondary N) is 1. The molecule has 1 amide bonds. The summed E-state index contributed by atoms with van der Waals surface area (Å²) in [6.07, 6.45) is 3.08. The number of thiophene rings is 1. The fourth-order valence-electron chi connectivity index (χ4n) is 2.49. The van der Waals surface area contributed by atoms with Gasteiger partial charge in [0, 0.05) is 6.08 Å². The molecule has 8 heteroatoms. The monoisotopic (exact) mass is 407 g/mol. The van der Waals surface area contributed by atoms with E-state index in [-0.39, 0.29) is 11.7 Å². The second-order valence-corrected chi connectivity index (χ2v) is 7.67. The van der Waals surface area contributed by atoms with Gasteiger partial charge in [-0.2, -0.15) is 5.26 Å². The lowest BCUT2D eigenvalue weighted by molar-refractivity contribution is 0.0997. The van der Waals surface area contributed by atoms with Gasteiger partial charge >= 0.3 is 0 Å². The van der Waals surface area contributed by atoms with Crippen LogP contribution in [0, 0.1) is 18.3 Å². The molecule has 28 heavy (non-hydrogen) atoms. The maximum Gasteiger partial charge on any atom is 0.292 e. The van der Waals surface area contributed by atoms with Crippen LogP contribution in [0.1, 0.15) is 27.1 Å². The third-order valence-corrected chi connectivity index (χ3v) is 5.63. The Balaban J connectivity index is 1.73. The Kier molecular flexibility index (Phi) is 4.93. The van der Waals surface area contributed by atoms with Gasteiger partial charge < -0.3 is 14.2 Å². The predicted molar refractivity (Wildman–Crippen MR) is 109 cm³/mol. The van der Waals surface area contributed by atoms with Crippen molar-refractivity contribution in [2.45, 2.75) is 6.92 Å². The van der Waals surface area contributed by atoms with E-state index in [4.69, 9.17) is 8.83 Å². The largest absolute Gasteiger partial charge is 0.462 e. The highest BCUT2D eigenvalue weighted by Gasteiger charge is 2.20. The lowest BCUT2D eigenvalue weighted by Gasteiger charge is -2.01. The average molecular weight is 407 g/mol. The first-order chi connectivity index (χ1) is 13.6. The molecule has 0 radical (unpaired) electrons. The van der Waals surface area contributed by atoms with Crippen LogP contribution in [0.5, 0.6) is 0 Å². The van der Waals surface area contributed by atoms with E-state index in [2.05, 4.69) is 16.4 Å². The molecule has 0 atom stereocenters. The van der Waals surface area contributed by atoms with E-state index in [1.807, 2.05) is 30.5 Å². The van der Waals surface area contributed by atoms with Gasteiger partial charge in [-0.15, -0.1) is 11.3 Å². The van der Waals surface area contributed by atoms with Crippen molar-refractivity contribution in [3.05, 3.63) is 70.3 Å². The molecular weight excluding hydrogens is 394 g/mol. The first kappa shape index (κ1) is 18.0. The van der Waals surface area contributed by atoms with Crippen LogP contribution in [-0.2, 0) is 0 Å². The van der Waals surface area contributed by atoms with Crippen molar-refractivity contribution in [2.24, 2.45) is 0 Å². The van der Waals surface area contributed by atoms with Crippen LogP contribution < -0.4 is 5.32 Å². The molecule has 6 nitrogen and oxygen atoms in total. The van der Waals surface area contributed by atoms with Crippen molar-refractivity contribution in [3.8, 4) is 16.6 Å². The number of carbonyl (C=O) groups is 1. The van der Waals surface area contributed by atoms with Crippen molar-refractivity contribution >= 4 is 45.2 Å². The molecule has 0 spiro atoms. The van der Waals surface area contributed by atoms with Gasteiger partial charge in [-0.1, -0.05) is 17.4 Å². The molecule has 0 bridgehead atoms. The number of furan rings is 2. The molecule has 0 saturated carbocycles. The molecule has 0 fully saturated rings. The zero-order chi connectivity index (χ0) is 19.5. The SMILES string of the molecule is Cc1ccc(/C=C(\C#N)c2nc(-c3cccs3)c(NC(=O)c3ccco3)s2)o1. The minimum absolute atomic E-state index is 0.203. The Morgan fingerprint density at radius 3 is 2.82 bits per heavy atom. The lowest BCUT2D eigenvalue weighted by Crippen LogP contribution is -2.10. The second kappa shape index (κ2) is 7.68. The smallest absolute Gasteiger partial charge is 0.292 e. The highest BCUT2D eigenvalue weighted by Crippen LogP contribution is 2.38. The lowest BCUT2D eigenvalue weighted by atomic mass is 10.2. The normalized spacial score (nSPS) is 11.4. The number of amides is 1. The molecule has 0 unspecified atom stereocenters. The molecule has 4 aromatic rings. The first-order valence-corrected chi connectivity index (χ1v) is 9.92. The Morgan fingerprint density at radius 2 is 2.18 bits per heavy atom. The van der Waals surface area contributed by atoms with E-state index >= 15 is 0 Å². The van der Waals surface area contributed by atoms with Crippen molar-refractivity contribution in [1.29, 1.82) is 5.26 Å². The van der Waals surface area contributed by atoms with Gasteiger partial charge in [0.1, 0.15) is 33.3 Å². The Hall–Kier alpha value is -3.41. The summed E-state index contributed by atoms with van der Waals surface area (Å²) in [7, 11) is 0. The minimum atomic E-state index is -0.373. The van der Waals surface area contributed by atoms with Gasteiger partial charge in [-0.05, 0) is 42.6 Å². The van der Waals surface area contributed by atoms with Gasteiger partial charge in [0.25, 0.3) is 5.91 Å². The number of hydrogen-bond acceptors (Lipinski definition) is 7. The molecule has 4 aromatic heterocycles. The molecule has 0 aliphatic heterocycles. The van der Waals surface area contributed by atoms with Crippen LogP contribution >= 0.6 is 22.7 Å². The third-order valence-electron chi connectivity index (χ3n) is 3.75. The molecule has 0 aliphatic rings. The topological polar surface area (TPSA) is 92.1 Å². The summed E-state index contributed by atoms with van der Waals surface area (Å²) in [5.74, 6) is 1.16. The summed E-state index contributed by atoms with van der Waals surface area (Å²) in [6, 6.07) is 12.8.